The van der Waals surface area contributed by atoms with Gasteiger partial charge in [0.1, 0.15) is 6.10 Å². The van der Waals surface area contributed by atoms with E-state index in [0.29, 0.717) is 25.9 Å². The lowest BCUT2D eigenvalue weighted by atomic mass is 10.0. The molecule has 5 nitrogen and oxygen atoms in total. The number of ether oxygens (including phenoxy) is 1. The average Bonchev–Trinajstić information content (AvgIpc) is 3.09. The van der Waals surface area contributed by atoms with E-state index in [1.165, 1.54) is 70.6 Å². The third-order valence-corrected chi connectivity index (χ3v) is 5.95. The van der Waals surface area contributed by atoms with Crippen LogP contribution in [0.4, 0.5) is 0 Å². The largest absolute Gasteiger partial charge is 0.459 e. The number of rotatable bonds is 19. The number of carbonyl (C=O) groups excluding carboxylic acids is 2. The van der Waals surface area contributed by atoms with Crippen LogP contribution in [0.3, 0.4) is 0 Å². The van der Waals surface area contributed by atoms with Gasteiger partial charge in [0.15, 0.2) is 0 Å². The fourth-order valence-electron chi connectivity index (χ4n) is 4.21. The number of nitrogens with zero attached hydrogens (tertiary/aromatic N) is 2. The van der Waals surface area contributed by atoms with Crippen LogP contribution in [0.25, 0.3) is 0 Å². The van der Waals surface area contributed by atoms with E-state index in [4.69, 9.17) is 4.74 Å². The monoisotopic (exact) mass is 424 g/mol. The molecule has 1 heterocycles. The number of amides is 1. The van der Waals surface area contributed by atoms with Crippen LogP contribution >= 0.6 is 0 Å². The molecular formula is C25H48N2O3. The Balaban J connectivity index is 2.02. The maximum Gasteiger partial charge on any atom is 0.306 e. The van der Waals surface area contributed by atoms with Gasteiger partial charge in [-0.3, -0.25) is 9.59 Å². The predicted octanol–water partition coefficient (Wildman–Crippen LogP) is 5.56. The summed E-state index contributed by atoms with van der Waals surface area (Å²) < 4.78 is 5.70. The first-order valence-corrected chi connectivity index (χ1v) is 12.6. The second-order valence-electron chi connectivity index (χ2n) is 9.31. The van der Waals surface area contributed by atoms with Gasteiger partial charge in [-0.05, 0) is 26.9 Å². The van der Waals surface area contributed by atoms with E-state index in [0.717, 1.165) is 25.8 Å². The molecule has 1 saturated heterocycles. The van der Waals surface area contributed by atoms with Gasteiger partial charge in [0, 0.05) is 25.9 Å². The molecule has 1 aliphatic rings. The highest BCUT2D eigenvalue weighted by molar-refractivity contribution is 5.78. The summed E-state index contributed by atoms with van der Waals surface area (Å²) in [7, 11) is 3.94. The lowest BCUT2D eigenvalue weighted by molar-refractivity contribution is -0.152. The zero-order valence-electron chi connectivity index (χ0n) is 20.1. The van der Waals surface area contributed by atoms with Crippen molar-refractivity contribution in [1.29, 1.82) is 0 Å². The lowest BCUT2D eigenvalue weighted by Crippen LogP contribution is -2.41. The third-order valence-electron chi connectivity index (χ3n) is 5.95. The Morgan fingerprint density at radius 3 is 1.93 bits per heavy atom. The molecule has 0 bridgehead atoms. The maximum atomic E-state index is 12.2. The smallest absolute Gasteiger partial charge is 0.306 e. The molecule has 30 heavy (non-hydrogen) atoms. The summed E-state index contributed by atoms with van der Waals surface area (Å²) in [6.45, 7) is 4.25. The van der Waals surface area contributed by atoms with Crippen molar-refractivity contribution in [3.63, 3.8) is 0 Å². The standard InChI is InChI=1S/C25H48N2O3/c1-4-5-6-7-8-9-10-11-12-13-14-15-16-19-25(29)30-23(21-26(2)3)22-27-20-17-18-24(27)28/h23H,4-22H2,1-3H3. The molecule has 0 aliphatic carbocycles. The molecule has 0 aromatic rings. The average molecular weight is 425 g/mol. The van der Waals surface area contributed by atoms with Crippen LogP contribution in [0.15, 0.2) is 0 Å². The summed E-state index contributed by atoms with van der Waals surface area (Å²) in [5.74, 6) is 0.0721. The van der Waals surface area contributed by atoms with Crippen LogP contribution in [0.5, 0.6) is 0 Å². The number of likely N-dealkylation sites (N-methyl/N-ethyl adjacent to an activating group) is 1. The topological polar surface area (TPSA) is 49.9 Å². The molecule has 1 rings (SSSR count). The molecule has 0 saturated carbocycles. The number of unbranched alkanes of at least 4 members (excludes halogenated alkanes) is 12. The summed E-state index contributed by atoms with van der Waals surface area (Å²) in [5, 5.41) is 0. The number of carbonyl (C=O) groups is 2. The highest BCUT2D eigenvalue weighted by atomic mass is 16.5. The Hall–Kier alpha value is -1.10. The van der Waals surface area contributed by atoms with Gasteiger partial charge in [0.05, 0.1) is 6.54 Å². The van der Waals surface area contributed by atoms with Crippen molar-refractivity contribution in [3.05, 3.63) is 0 Å². The molecule has 0 N–H and O–H groups in total. The highest BCUT2D eigenvalue weighted by Gasteiger charge is 2.25. The van der Waals surface area contributed by atoms with Crippen molar-refractivity contribution in [2.75, 3.05) is 33.7 Å². The molecule has 1 aliphatic heterocycles. The van der Waals surface area contributed by atoms with Gasteiger partial charge in [-0.2, -0.15) is 0 Å². The van der Waals surface area contributed by atoms with E-state index in [1.807, 2.05) is 23.9 Å². The zero-order valence-corrected chi connectivity index (χ0v) is 20.1. The SMILES string of the molecule is CCCCCCCCCCCCCCCC(=O)OC(CN(C)C)CN1CCCC1=O. The van der Waals surface area contributed by atoms with Crippen molar-refractivity contribution >= 4 is 11.9 Å². The number of hydrogen-bond acceptors (Lipinski definition) is 4. The van der Waals surface area contributed by atoms with E-state index in [2.05, 4.69) is 6.92 Å². The van der Waals surface area contributed by atoms with Crippen LogP contribution in [0.1, 0.15) is 110 Å². The first kappa shape index (κ1) is 26.9. The second kappa shape index (κ2) is 17.6. The molecule has 0 radical (unpaired) electrons. The van der Waals surface area contributed by atoms with E-state index in [-0.39, 0.29) is 18.0 Å². The molecular weight excluding hydrogens is 376 g/mol. The molecule has 1 fully saturated rings. The van der Waals surface area contributed by atoms with Crippen molar-refractivity contribution in [2.45, 2.75) is 116 Å². The zero-order chi connectivity index (χ0) is 22.0. The first-order chi connectivity index (χ1) is 14.5. The number of likely N-dealkylation sites (tertiary alicyclic amines) is 1. The Kier molecular flexibility index (Phi) is 15.8. The Bertz CT molecular complexity index is 454. The number of esters is 1. The van der Waals surface area contributed by atoms with E-state index >= 15 is 0 Å². The molecule has 0 aromatic carbocycles. The van der Waals surface area contributed by atoms with Crippen molar-refractivity contribution in [2.24, 2.45) is 0 Å². The molecule has 1 amide bonds. The molecule has 1 unspecified atom stereocenters. The van der Waals surface area contributed by atoms with Crippen LogP contribution in [-0.4, -0.2) is 61.5 Å². The maximum absolute atomic E-state index is 12.2. The summed E-state index contributed by atoms with van der Waals surface area (Å²) in [6.07, 6.45) is 18.7. The minimum Gasteiger partial charge on any atom is -0.459 e. The van der Waals surface area contributed by atoms with Crippen LogP contribution in [-0.2, 0) is 14.3 Å². The van der Waals surface area contributed by atoms with Gasteiger partial charge in [-0.1, -0.05) is 84.0 Å². The first-order valence-electron chi connectivity index (χ1n) is 12.6. The van der Waals surface area contributed by atoms with Gasteiger partial charge in [-0.25, -0.2) is 0 Å². The summed E-state index contributed by atoms with van der Waals surface area (Å²) in [4.78, 5) is 28.0. The van der Waals surface area contributed by atoms with Crippen molar-refractivity contribution in [3.8, 4) is 0 Å². The van der Waals surface area contributed by atoms with Gasteiger partial charge < -0.3 is 14.5 Å². The fourth-order valence-corrected chi connectivity index (χ4v) is 4.21. The molecule has 176 valence electrons. The summed E-state index contributed by atoms with van der Waals surface area (Å²) >= 11 is 0. The van der Waals surface area contributed by atoms with Gasteiger partial charge >= 0.3 is 5.97 Å². The van der Waals surface area contributed by atoms with Crippen LogP contribution in [0.2, 0.25) is 0 Å². The highest BCUT2D eigenvalue weighted by Crippen LogP contribution is 2.14. The molecule has 5 heteroatoms. The summed E-state index contributed by atoms with van der Waals surface area (Å²) in [6, 6.07) is 0. The van der Waals surface area contributed by atoms with Crippen molar-refractivity contribution < 1.29 is 14.3 Å². The minimum absolute atomic E-state index is 0.114. The van der Waals surface area contributed by atoms with Gasteiger partial charge in [0.25, 0.3) is 0 Å². The third kappa shape index (κ3) is 14.0. The van der Waals surface area contributed by atoms with Gasteiger partial charge in [-0.15, -0.1) is 0 Å². The summed E-state index contributed by atoms with van der Waals surface area (Å²) in [5.41, 5.74) is 0. The van der Waals surface area contributed by atoms with Crippen LogP contribution < -0.4 is 0 Å². The lowest BCUT2D eigenvalue weighted by Gasteiger charge is -2.26. The Morgan fingerprint density at radius 1 is 0.933 bits per heavy atom. The molecule has 1 atom stereocenters. The molecule has 0 aromatic heterocycles. The Morgan fingerprint density at radius 2 is 1.47 bits per heavy atom. The normalized spacial score (nSPS) is 15.2. The van der Waals surface area contributed by atoms with Gasteiger partial charge in [0.2, 0.25) is 5.91 Å². The second-order valence-corrected chi connectivity index (χ2v) is 9.31. The molecule has 0 spiro atoms. The minimum atomic E-state index is -0.225. The van der Waals surface area contributed by atoms with E-state index < -0.39 is 0 Å². The quantitative estimate of drug-likeness (QED) is 0.201. The number of hydrogen-bond donors (Lipinski definition) is 0. The van der Waals surface area contributed by atoms with E-state index in [9.17, 15) is 9.59 Å². The fraction of sp³-hybridized carbons (Fsp3) is 0.920. The predicted molar refractivity (Wildman–Crippen MR) is 125 cm³/mol. The Labute approximate surface area is 185 Å². The van der Waals surface area contributed by atoms with Crippen molar-refractivity contribution in [1.82, 2.24) is 9.80 Å². The van der Waals surface area contributed by atoms with Crippen LogP contribution in [0, 0.1) is 0 Å². The van der Waals surface area contributed by atoms with E-state index in [1.54, 1.807) is 0 Å².